The van der Waals surface area contributed by atoms with Gasteiger partial charge < -0.3 is 14.8 Å². The number of aryl methyl sites for hydroxylation is 2. The Hall–Kier alpha value is -2.41. The van der Waals surface area contributed by atoms with Crippen LogP contribution in [0, 0.1) is 5.41 Å². The van der Waals surface area contributed by atoms with E-state index in [-0.39, 0.29) is 17.3 Å². The van der Waals surface area contributed by atoms with Gasteiger partial charge in [-0.15, -0.1) is 0 Å². The number of nitrogens with one attached hydrogen (secondary N) is 1. The first-order valence-corrected chi connectivity index (χ1v) is 11.4. The largest absolute Gasteiger partial charge is 0.462 e. The van der Waals surface area contributed by atoms with E-state index in [2.05, 4.69) is 5.32 Å². The Labute approximate surface area is 183 Å². The molecular formula is C24H33N3O4. The summed E-state index contributed by atoms with van der Waals surface area (Å²) in [7, 11) is 0. The number of esters is 1. The molecule has 3 heterocycles. The average molecular weight is 428 g/mol. The number of fused-ring (bicyclic) bond motifs is 1. The molecule has 1 amide bonds. The van der Waals surface area contributed by atoms with Gasteiger partial charge in [0.1, 0.15) is 0 Å². The van der Waals surface area contributed by atoms with E-state index in [1.54, 1.807) is 0 Å². The third-order valence-electron chi connectivity index (χ3n) is 6.77. The second kappa shape index (κ2) is 8.99. The quantitative estimate of drug-likeness (QED) is 0.557. The highest BCUT2D eigenvalue weighted by Crippen LogP contribution is 2.37. The summed E-state index contributed by atoms with van der Waals surface area (Å²) in [4.78, 5) is 25.2. The number of amides is 1. The highest BCUT2D eigenvalue weighted by atomic mass is 16.5. The van der Waals surface area contributed by atoms with Crippen molar-refractivity contribution in [1.29, 1.82) is 0 Å². The van der Waals surface area contributed by atoms with Gasteiger partial charge in [-0.05, 0) is 57.4 Å². The highest BCUT2D eigenvalue weighted by molar-refractivity contribution is 5.97. The van der Waals surface area contributed by atoms with Gasteiger partial charge in [0, 0.05) is 32.7 Å². The average Bonchev–Trinajstić information content (AvgIpc) is 3.24. The van der Waals surface area contributed by atoms with Gasteiger partial charge in [0.15, 0.2) is 0 Å². The van der Waals surface area contributed by atoms with Crippen LogP contribution in [0.5, 0.6) is 0 Å². The van der Waals surface area contributed by atoms with Crippen LogP contribution in [0.4, 0.5) is 0 Å². The van der Waals surface area contributed by atoms with E-state index in [0.717, 1.165) is 61.4 Å². The molecule has 0 aromatic carbocycles. The lowest BCUT2D eigenvalue weighted by Gasteiger charge is -2.36. The molecule has 3 aliphatic rings. The molecule has 0 atom stereocenters. The minimum absolute atomic E-state index is 0.0151. The third-order valence-corrected chi connectivity index (χ3v) is 6.77. The summed E-state index contributed by atoms with van der Waals surface area (Å²) >= 11 is 0. The summed E-state index contributed by atoms with van der Waals surface area (Å²) in [6.45, 7) is 9.16. The van der Waals surface area contributed by atoms with Crippen LogP contribution >= 0.6 is 0 Å². The monoisotopic (exact) mass is 427 g/mol. The molecule has 0 saturated carbocycles. The van der Waals surface area contributed by atoms with Crippen LogP contribution in [0.1, 0.15) is 68.2 Å². The first-order valence-electron chi connectivity index (χ1n) is 11.4. The van der Waals surface area contributed by atoms with Crippen molar-refractivity contribution in [3.63, 3.8) is 0 Å². The second-order valence-corrected chi connectivity index (χ2v) is 9.17. The van der Waals surface area contributed by atoms with Crippen LogP contribution in [0.15, 0.2) is 22.8 Å². The van der Waals surface area contributed by atoms with E-state index >= 15 is 0 Å². The summed E-state index contributed by atoms with van der Waals surface area (Å²) in [6, 6.07) is 0. The van der Waals surface area contributed by atoms with Gasteiger partial charge in [0.25, 0.3) is 5.91 Å². The van der Waals surface area contributed by atoms with E-state index < -0.39 is 0 Å². The standard InChI is InChI=1S/C24H33N3O4/c1-4-19-21-20(14-24(15-25-22(21)28)6-10-30-11-7-24)27(26-19)8-5-9-31-23(29)18-13-16(2)12-17(18)3/h13H,4-12,14-15H2,1-3H3,(H,25,28). The zero-order valence-electron chi connectivity index (χ0n) is 18.9. The number of rotatable bonds is 6. The Morgan fingerprint density at radius 3 is 2.77 bits per heavy atom. The smallest absolute Gasteiger partial charge is 0.338 e. The number of nitrogens with zero attached hydrogens (tertiary/aromatic N) is 2. The van der Waals surface area contributed by atoms with Gasteiger partial charge >= 0.3 is 5.97 Å². The lowest BCUT2D eigenvalue weighted by Crippen LogP contribution is -2.40. The molecule has 1 aromatic rings. The van der Waals surface area contributed by atoms with Crippen molar-refractivity contribution in [3.05, 3.63) is 39.7 Å². The molecule has 7 heteroatoms. The van der Waals surface area contributed by atoms with Crippen molar-refractivity contribution in [1.82, 2.24) is 15.1 Å². The zero-order chi connectivity index (χ0) is 22.0. The van der Waals surface area contributed by atoms with Crippen LogP contribution in [-0.4, -0.2) is 48.0 Å². The summed E-state index contributed by atoms with van der Waals surface area (Å²) in [5, 5.41) is 7.90. The number of hydrogen-bond acceptors (Lipinski definition) is 5. The normalized spacial score (nSPS) is 20.4. The molecule has 168 valence electrons. The molecule has 31 heavy (non-hydrogen) atoms. The summed E-state index contributed by atoms with van der Waals surface area (Å²) < 4.78 is 13.1. The SMILES string of the molecule is CCc1nn(CCCOC(=O)C2=C(C)CC(C)=C2)c2c1C(=O)NCC1(CCOCC1)C2. The van der Waals surface area contributed by atoms with Gasteiger partial charge in [0.05, 0.1) is 29.1 Å². The van der Waals surface area contributed by atoms with Crippen LogP contribution in [0.25, 0.3) is 0 Å². The number of allylic oxidation sites excluding steroid dienone is 2. The number of aromatic nitrogens is 2. The van der Waals surface area contributed by atoms with E-state index in [1.165, 1.54) is 5.57 Å². The Bertz CT molecular complexity index is 935. The van der Waals surface area contributed by atoms with Crippen molar-refractivity contribution < 1.29 is 19.1 Å². The minimum Gasteiger partial charge on any atom is -0.462 e. The molecule has 1 fully saturated rings. The Balaban J connectivity index is 1.45. The number of carbonyl (C=O) groups is 2. The molecule has 1 spiro atoms. The molecular weight excluding hydrogens is 394 g/mol. The topological polar surface area (TPSA) is 82.5 Å². The number of hydrogen-bond donors (Lipinski definition) is 1. The lowest BCUT2D eigenvalue weighted by molar-refractivity contribution is -0.138. The summed E-state index contributed by atoms with van der Waals surface area (Å²) in [5.74, 6) is -0.262. The Kier molecular flexibility index (Phi) is 6.32. The van der Waals surface area contributed by atoms with Crippen molar-refractivity contribution in [2.45, 2.75) is 65.8 Å². The van der Waals surface area contributed by atoms with Gasteiger partial charge in [-0.1, -0.05) is 18.1 Å². The van der Waals surface area contributed by atoms with E-state index in [1.807, 2.05) is 31.5 Å². The maximum absolute atomic E-state index is 12.9. The van der Waals surface area contributed by atoms with Gasteiger partial charge in [0.2, 0.25) is 0 Å². The van der Waals surface area contributed by atoms with Crippen LogP contribution < -0.4 is 5.32 Å². The first kappa shape index (κ1) is 21.8. The predicted molar refractivity (Wildman–Crippen MR) is 117 cm³/mol. The molecule has 1 N–H and O–H groups in total. The van der Waals surface area contributed by atoms with Gasteiger partial charge in [-0.25, -0.2) is 4.79 Å². The van der Waals surface area contributed by atoms with E-state index in [0.29, 0.717) is 38.1 Å². The minimum atomic E-state index is -0.247. The molecule has 7 nitrogen and oxygen atoms in total. The molecule has 1 aromatic heterocycles. The Morgan fingerprint density at radius 1 is 1.32 bits per heavy atom. The van der Waals surface area contributed by atoms with E-state index in [4.69, 9.17) is 14.6 Å². The predicted octanol–water partition coefficient (Wildman–Crippen LogP) is 3.13. The van der Waals surface area contributed by atoms with Crippen LogP contribution in [-0.2, 0) is 33.7 Å². The maximum Gasteiger partial charge on any atom is 0.338 e. The Morgan fingerprint density at radius 2 is 2.10 bits per heavy atom. The zero-order valence-corrected chi connectivity index (χ0v) is 18.9. The van der Waals surface area contributed by atoms with Crippen molar-refractivity contribution in [2.75, 3.05) is 26.4 Å². The van der Waals surface area contributed by atoms with Gasteiger partial charge in [-0.2, -0.15) is 5.10 Å². The van der Waals surface area contributed by atoms with Crippen LogP contribution in [0.3, 0.4) is 0 Å². The molecule has 0 unspecified atom stereocenters. The molecule has 1 aliphatic carbocycles. The third kappa shape index (κ3) is 4.47. The first-order chi connectivity index (χ1) is 14.9. The molecule has 2 aliphatic heterocycles. The molecule has 4 rings (SSSR count). The van der Waals surface area contributed by atoms with Crippen molar-refractivity contribution in [2.24, 2.45) is 5.41 Å². The maximum atomic E-state index is 12.9. The van der Waals surface area contributed by atoms with Crippen molar-refractivity contribution >= 4 is 11.9 Å². The number of carbonyl (C=O) groups excluding carboxylic acids is 2. The summed E-state index contributed by atoms with van der Waals surface area (Å²) in [5.41, 5.74) is 5.60. The fourth-order valence-corrected chi connectivity index (χ4v) is 4.98. The fourth-order valence-electron chi connectivity index (χ4n) is 4.98. The molecule has 0 bridgehead atoms. The summed E-state index contributed by atoms with van der Waals surface area (Å²) in [6.07, 6.45) is 6.86. The van der Waals surface area contributed by atoms with Crippen LogP contribution in [0.2, 0.25) is 0 Å². The fraction of sp³-hybridized carbons (Fsp3) is 0.625. The number of ether oxygens (including phenoxy) is 2. The molecule has 0 radical (unpaired) electrons. The van der Waals surface area contributed by atoms with Gasteiger partial charge in [-0.3, -0.25) is 9.48 Å². The highest BCUT2D eigenvalue weighted by Gasteiger charge is 2.39. The van der Waals surface area contributed by atoms with E-state index in [9.17, 15) is 9.59 Å². The molecule has 1 saturated heterocycles. The second-order valence-electron chi connectivity index (χ2n) is 9.17. The lowest BCUT2D eigenvalue weighted by atomic mass is 9.76. The van der Waals surface area contributed by atoms with Crippen molar-refractivity contribution in [3.8, 4) is 0 Å².